The maximum absolute atomic E-state index is 12.7. The molecule has 3 aromatic heterocycles. The molecule has 0 bridgehead atoms. The normalized spacial score (nSPS) is 11.1. The summed E-state index contributed by atoms with van der Waals surface area (Å²) in [6.07, 6.45) is 1.66. The number of nitrogens with one attached hydrogen (secondary N) is 1. The van der Waals surface area contributed by atoms with Crippen molar-refractivity contribution in [2.24, 2.45) is 0 Å². The molecule has 0 amide bonds. The molecular weight excluding hydrogens is 386 g/mol. The Hall–Kier alpha value is -4.01. The van der Waals surface area contributed by atoms with Crippen LogP contribution in [0.2, 0.25) is 0 Å². The topological polar surface area (TPSA) is 112 Å². The summed E-state index contributed by atoms with van der Waals surface area (Å²) in [5.74, 6) is 0.305. The summed E-state index contributed by atoms with van der Waals surface area (Å²) in [6.45, 7) is 4.07. The first-order valence-electron chi connectivity index (χ1n) is 9.27. The zero-order valence-electron chi connectivity index (χ0n) is 16.6. The second-order valence-electron chi connectivity index (χ2n) is 6.83. The van der Waals surface area contributed by atoms with Crippen LogP contribution in [0.4, 0.5) is 11.5 Å². The molecule has 1 aromatic carbocycles. The lowest BCUT2D eigenvalue weighted by Crippen LogP contribution is -2.10. The van der Waals surface area contributed by atoms with Gasteiger partial charge in [-0.1, -0.05) is 12.1 Å². The van der Waals surface area contributed by atoms with Crippen LogP contribution < -0.4 is 10.7 Å². The molecule has 30 heavy (non-hydrogen) atoms. The number of esters is 1. The molecule has 0 atom stereocenters. The van der Waals surface area contributed by atoms with Crippen molar-refractivity contribution >= 4 is 28.4 Å². The number of hydrogen-bond acceptors (Lipinski definition) is 8. The van der Waals surface area contributed by atoms with E-state index in [4.69, 9.17) is 4.42 Å². The van der Waals surface area contributed by atoms with Gasteiger partial charge in [0.25, 0.3) is 0 Å². The van der Waals surface area contributed by atoms with E-state index in [9.17, 15) is 9.59 Å². The number of pyridine rings is 1. The number of methoxy groups -OCH3 is 1. The van der Waals surface area contributed by atoms with E-state index in [-0.39, 0.29) is 22.8 Å². The second kappa shape index (κ2) is 7.78. The third kappa shape index (κ3) is 3.52. The molecule has 0 saturated heterocycles. The summed E-state index contributed by atoms with van der Waals surface area (Å²) in [7, 11) is 1.23. The highest BCUT2D eigenvalue weighted by molar-refractivity contribution is 5.94. The third-order valence-corrected chi connectivity index (χ3v) is 4.51. The van der Waals surface area contributed by atoms with Crippen LogP contribution in [0.1, 0.15) is 30.4 Å². The van der Waals surface area contributed by atoms with Crippen LogP contribution in [0.25, 0.3) is 22.5 Å². The van der Waals surface area contributed by atoms with E-state index < -0.39 is 5.97 Å². The SMILES string of the molecule is COC(=O)c1cc(=O)c2c(Nc3cccc(-c4nncn4C(C)C)n3)cccc2o1. The molecule has 1 N–H and O–H groups in total. The lowest BCUT2D eigenvalue weighted by molar-refractivity contribution is 0.0565. The summed E-state index contributed by atoms with van der Waals surface area (Å²) in [4.78, 5) is 29.0. The first-order valence-corrected chi connectivity index (χ1v) is 9.27. The number of rotatable bonds is 5. The molecule has 0 aliphatic rings. The monoisotopic (exact) mass is 405 g/mol. The van der Waals surface area contributed by atoms with Gasteiger partial charge in [0.05, 0.1) is 18.2 Å². The van der Waals surface area contributed by atoms with Crippen LogP contribution in [-0.4, -0.2) is 32.8 Å². The number of anilines is 2. The Morgan fingerprint density at radius 1 is 1.20 bits per heavy atom. The molecule has 0 aliphatic heterocycles. The Labute approximate surface area is 171 Å². The molecule has 0 radical (unpaired) electrons. The zero-order chi connectivity index (χ0) is 21.3. The van der Waals surface area contributed by atoms with Gasteiger partial charge < -0.3 is 19.0 Å². The average Bonchev–Trinajstić information content (AvgIpc) is 3.23. The van der Waals surface area contributed by atoms with Crippen LogP contribution in [0, 0.1) is 0 Å². The second-order valence-corrected chi connectivity index (χ2v) is 6.83. The highest BCUT2D eigenvalue weighted by Crippen LogP contribution is 2.26. The molecule has 9 nitrogen and oxygen atoms in total. The average molecular weight is 405 g/mol. The Morgan fingerprint density at radius 3 is 2.77 bits per heavy atom. The minimum atomic E-state index is -0.712. The largest absolute Gasteiger partial charge is 0.463 e. The fourth-order valence-electron chi connectivity index (χ4n) is 3.09. The van der Waals surface area contributed by atoms with Gasteiger partial charge in [-0.25, -0.2) is 9.78 Å². The number of fused-ring (bicyclic) bond motifs is 1. The van der Waals surface area contributed by atoms with E-state index in [1.54, 1.807) is 30.6 Å². The van der Waals surface area contributed by atoms with E-state index in [2.05, 4.69) is 25.2 Å². The standard InChI is InChI=1S/C21H19N5O4/c1-12(2)26-11-22-25-20(26)14-7-5-9-18(24-14)23-13-6-4-8-16-19(13)15(27)10-17(30-16)21(28)29-3/h4-12H,1-3H3,(H,23,24). The molecule has 0 aliphatic carbocycles. The molecule has 3 heterocycles. The number of nitrogens with zero attached hydrogens (tertiary/aromatic N) is 4. The first kappa shape index (κ1) is 19.3. The van der Waals surface area contributed by atoms with Gasteiger partial charge in [0.2, 0.25) is 5.76 Å². The number of aromatic nitrogens is 4. The van der Waals surface area contributed by atoms with Crippen molar-refractivity contribution in [3.8, 4) is 11.5 Å². The smallest absolute Gasteiger partial charge is 0.374 e. The fourth-order valence-corrected chi connectivity index (χ4v) is 3.09. The zero-order valence-corrected chi connectivity index (χ0v) is 16.6. The predicted molar refractivity (Wildman–Crippen MR) is 111 cm³/mol. The number of hydrogen-bond donors (Lipinski definition) is 1. The summed E-state index contributed by atoms with van der Waals surface area (Å²) in [5, 5.41) is 11.6. The summed E-state index contributed by atoms with van der Waals surface area (Å²) in [5.41, 5.74) is 1.05. The number of benzene rings is 1. The van der Waals surface area contributed by atoms with Crippen LogP contribution in [0.3, 0.4) is 0 Å². The molecule has 152 valence electrons. The van der Waals surface area contributed by atoms with Gasteiger partial charge in [0.15, 0.2) is 11.3 Å². The number of ether oxygens (including phenoxy) is 1. The maximum Gasteiger partial charge on any atom is 0.374 e. The van der Waals surface area contributed by atoms with Gasteiger partial charge in [0.1, 0.15) is 23.4 Å². The van der Waals surface area contributed by atoms with Crippen molar-refractivity contribution in [1.82, 2.24) is 19.7 Å². The lowest BCUT2D eigenvalue weighted by atomic mass is 10.1. The van der Waals surface area contributed by atoms with E-state index in [0.717, 1.165) is 6.07 Å². The van der Waals surface area contributed by atoms with Crippen molar-refractivity contribution in [3.63, 3.8) is 0 Å². The molecule has 0 unspecified atom stereocenters. The fraction of sp³-hybridized carbons (Fsp3) is 0.190. The third-order valence-electron chi connectivity index (χ3n) is 4.51. The molecule has 4 aromatic rings. The summed E-state index contributed by atoms with van der Waals surface area (Å²) >= 11 is 0. The molecule has 0 fully saturated rings. The first-order chi connectivity index (χ1) is 14.5. The molecule has 0 spiro atoms. The highest BCUT2D eigenvalue weighted by Gasteiger charge is 2.16. The van der Waals surface area contributed by atoms with E-state index in [1.807, 2.05) is 30.5 Å². The van der Waals surface area contributed by atoms with Crippen molar-refractivity contribution < 1.29 is 13.9 Å². The minimum Gasteiger partial charge on any atom is -0.463 e. The van der Waals surface area contributed by atoms with Crippen LogP contribution in [0.5, 0.6) is 0 Å². The van der Waals surface area contributed by atoms with E-state index >= 15 is 0 Å². The Kier molecular flexibility index (Phi) is 5.01. The number of carbonyl (C=O) groups excluding carboxylic acids is 1. The van der Waals surface area contributed by atoms with Crippen molar-refractivity contribution in [2.75, 3.05) is 12.4 Å². The minimum absolute atomic E-state index is 0.153. The lowest BCUT2D eigenvalue weighted by Gasteiger charge is -2.12. The van der Waals surface area contributed by atoms with Crippen molar-refractivity contribution in [2.45, 2.75) is 19.9 Å². The maximum atomic E-state index is 12.7. The van der Waals surface area contributed by atoms with Gasteiger partial charge >= 0.3 is 5.97 Å². The Morgan fingerprint density at radius 2 is 2.00 bits per heavy atom. The molecule has 0 saturated carbocycles. The van der Waals surface area contributed by atoms with Crippen molar-refractivity contribution in [3.05, 3.63) is 64.8 Å². The number of carbonyl (C=O) groups is 1. The Balaban J connectivity index is 1.74. The molecule has 4 rings (SSSR count). The van der Waals surface area contributed by atoms with Gasteiger partial charge in [-0.3, -0.25) is 4.79 Å². The summed E-state index contributed by atoms with van der Waals surface area (Å²) < 4.78 is 12.1. The van der Waals surface area contributed by atoms with Crippen molar-refractivity contribution in [1.29, 1.82) is 0 Å². The predicted octanol–water partition coefficient (Wildman–Crippen LogP) is 3.56. The summed E-state index contributed by atoms with van der Waals surface area (Å²) in [6, 6.07) is 11.8. The van der Waals surface area contributed by atoms with Crippen LogP contribution in [0.15, 0.2) is 58.0 Å². The van der Waals surface area contributed by atoms with Crippen LogP contribution in [-0.2, 0) is 4.74 Å². The van der Waals surface area contributed by atoms with E-state index in [0.29, 0.717) is 28.4 Å². The molecule has 9 heteroatoms. The van der Waals surface area contributed by atoms with Gasteiger partial charge in [0, 0.05) is 12.1 Å². The Bertz CT molecular complexity index is 1290. The quantitative estimate of drug-likeness (QED) is 0.502. The van der Waals surface area contributed by atoms with E-state index in [1.165, 1.54) is 7.11 Å². The van der Waals surface area contributed by atoms with Gasteiger partial charge in [-0.15, -0.1) is 10.2 Å². The van der Waals surface area contributed by atoms with Crippen LogP contribution >= 0.6 is 0 Å². The molecular formula is C21H19N5O4. The van der Waals surface area contributed by atoms with Gasteiger partial charge in [-0.2, -0.15) is 0 Å². The van der Waals surface area contributed by atoms with Gasteiger partial charge in [-0.05, 0) is 38.1 Å². The highest BCUT2D eigenvalue weighted by atomic mass is 16.5.